The summed E-state index contributed by atoms with van der Waals surface area (Å²) in [4.78, 5) is 38.2. The van der Waals surface area contributed by atoms with Crippen LogP contribution < -0.4 is 15.4 Å². The quantitative estimate of drug-likeness (QED) is 0.706. The predicted octanol–water partition coefficient (Wildman–Crippen LogP) is 2.00. The van der Waals surface area contributed by atoms with Crippen molar-refractivity contribution >= 4 is 35.0 Å². The van der Waals surface area contributed by atoms with Crippen molar-refractivity contribution in [3.05, 3.63) is 59.1 Å². The van der Waals surface area contributed by atoms with Crippen LogP contribution in [0, 0.1) is 0 Å². The monoisotopic (exact) mass is 431 g/mol. The predicted molar refractivity (Wildman–Crippen MR) is 111 cm³/mol. The molecule has 8 nitrogen and oxygen atoms in total. The zero-order valence-electron chi connectivity index (χ0n) is 16.4. The number of anilines is 1. The van der Waals surface area contributed by atoms with Crippen LogP contribution in [0.3, 0.4) is 0 Å². The Morgan fingerprint density at radius 1 is 1.17 bits per heavy atom. The molecular weight excluding hydrogens is 410 g/mol. The summed E-state index contributed by atoms with van der Waals surface area (Å²) in [5.74, 6) is -1.65. The maximum atomic E-state index is 12.5. The van der Waals surface area contributed by atoms with Crippen molar-refractivity contribution in [1.82, 2.24) is 10.2 Å². The molecule has 3 amide bonds. The van der Waals surface area contributed by atoms with Gasteiger partial charge in [0.25, 0.3) is 0 Å². The SMILES string of the molecule is COc1ccc(NC(=O)C(=O)NCC(=O)N2CCOC(c3ccccc3)C2)cc1Cl. The van der Waals surface area contributed by atoms with Gasteiger partial charge in [-0.15, -0.1) is 0 Å². The maximum Gasteiger partial charge on any atom is 0.313 e. The molecule has 158 valence electrons. The lowest BCUT2D eigenvalue weighted by Crippen LogP contribution is -2.48. The molecule has 30 heavy (non-hydrogen) atoms. The van der Waals surface area contributed by atoms with Gasteiger partial charge in [0.05, 0.1) is 31.8 Å². The average molecular weight is 432 g/mol. The smallest absolute Gasteiger partial charge is 0.313 e. The summed E-state index contributed by atoms with van der Waals surface area (Å²) in [6.45, 7) is 0.930. The van der Waals surface area contributed by atoms with Gasteiger partial charge in [-0.05, 0) is 23.8 Å². The second-order valence-corrected chi connectivity index (χ2v) is 7.00. The Kier molecular flexibility index (Phi) is 7.26. The van der Waals surface area contributed by atoms with Crippen LogP contribution in [0.5, 0.6) is 5.75 Å². The van der Waals surface area contributed by atoms with Crippen LogP contribution in [0.2, 0.25) is 5.02 Å². The van der Waals surface area contributed by atoms with E-state index in [0.29, 0.717) is 36.2 Å². The minimum absolute atomic E-state index is 0.220. The molecule has 0 spiro atoms. The Morgan fingerprint density at radius 2 is 1.93 bits per heavy atom. The van der Waals surface area contributed by atoms with E-state index in [1.807, 2.05) is 30.3 Å². The number of methoxy groups -OCH3 is 1. The van der Waals surface area contributed by atoms with Crippen LogP contribution >= 0.6 is 11.6 Å². The first kappa shape index (κ1) is 21.6. The minimum atomic E-state index is -0.914. The topological polar surface area (TPSA) is 97.0 Å². The molecule has 2 aromatic carbocycles. The van der Waals surface area contributed by atoms with E-state index in [0.717, 1.165) is 5.56 Å². The van der Waals surface area contributed by atoms with E-state index >= 15 is 0 Å². The van der Waals surface area contributed by atoms with Gasteiger partial charge in [0.2, 0.25) is 5.91 Å². The third kappa shape index (κ3) is 5.49. The summed E-state index contributed by atoms with van der Waals surface area (Å²) in [5, 5.41) is 5.08. The van der Waals surface area contributed by atoms with Crippen LogP contribution in [-0.2, 0) is 19.1 Å². The van der Waals surface area contributed by atoms with Crippen molar-refractivity contribution < 1.29 is 23.9 Å². The fourth-order valence-electron chi connectivity index (χ4n) is 3.03. The van der Waals surface area contributed by atoms with Crippen molar-refractivity contribution in [2.24, 2.45) is 0 Å². The first-order chi connectivity index (χ1) is 14.5. The lowest BCUT2D eigenvalue weighted by molar-refractivity contribution is -0.141. The fraction of sp³-hybridized carbons (Fsp3) is 0.286. The average Bonchev–Trinajstić information content (AvgIpc) is 2.78. The van der Waals surface area contributed by atoms with Gasteiger partial charge < -0.3 is 25.0 Å². The van der Waals surface area contributed by atoms with Crippen LogP contribution in [0.1, 0.15) is 11.7 Å². The molecular formula is C21H22ClN3O5. The van der Waals surface area contributed by atoms with Crippen molar-refractivity contribution in [1.29, 1.82) is 0 Å². The van der Waals surface area contributed by atoms with E-state index in [9.17, 15) is 14.4 Å². The van der Waals surface area contributed by atoms with E-state index in [1.165, 1.54) is 13.2 Å². The zero-order chi connectivity index (χ0) is 21.5. The number of hydrogen-bond donors (Lipinski definition) is 2. The van der Waals surface area contributed by atoms with Crippen LogP contribution in [0.4, 0.5) is 5.69 Å². The second-order valence-electron chi connectivity index (χ2n) is 6.60. The summed E-state index contributed by atoms with van der Waals surface area (Å²) in [6, 6.07) is 14.2. The van der Waals surface area contributed by atoms with Crippen LogP contribution in [0.15, 0.2) is 48.5 Å². The van der Waals surface area contributed by atoms with Gasteiger partial charge in [0, 0.05) is 12.2 Å². The van der Waals surface area contributed by atoms with Crippen LogP contribution in [-0.4, -0.2) is 56.0 Å². The highest BCUT2D eigenvalue weighted by Crippen LogP contribution is 2.27. The molecule has 0 saturated carbocycles. The number of amides is 3. The maximum absolute atomic E-state index is 12.5. The van der Waals surface area contributed by atoms with Crippen molar-refractivity contribution in [2.45, 2.75) is 6.10 Å². The number of nitrogens with one attached hydrogen (secondary N) is 2. The van der Waals surface area contributed by atoms with Crippen molar-refractivity contribution in [3.63, 3.8) is 0 Å². The molecule has 0 aliphatic carbocycles. The molecule has 1 saturated heterocycles. The number of rotatable bonds is 5. The van der Waals surface area contributed by atoms with Gasteiger partial charge in [-0.3, -0.25) is 14.4 Å². The molecule has 1 aliphatic heterocycles. The highest BCUT2D eigenvalue weighted by molar-refractivity contribution is 6.40. The van der Waals surface area contributed by atoms with Gasteiger partial charge in [-0.2, -0.15) is 0 Å². The number of halogens is 1. The van der Waals surface area contributed by atoms with Gasteiger partial charge in [-0.25, -0.2) is 0 Å². The highest BCUT2D eigenvalue weighted by Gasteiger charge is 2.26. The Balaban J connectivity index is 1.49. The van der Waals surface area contributed by atoms with Gasteiger partial charge in [0.15, 0.2) is 0 Å². The Hall–Kier alpha value is -3.10. The number of ether oxygens (including phenoxy) is 2. The lowest BCUT2D eigenvalue weighted by atomic mass is 10.1. The zero-order valence-corrected chi connectivity index (χ0v) is 17.1. The number of carbonyl (C=O) groups is 3. The van der Waals surface area contributed by atoms with E-state index in [4.69, 9.17) is 21.1 Å². The van der Waals surface area contributed by atoms with E-state index in [1.54, 1.807) is 17.0 Å². The summed E-state index contributed by atoms with van der Waals surface area (Å²) >= 11 is 6.00. The van der Waals surface area contributed by atoms with Crippen molar-refractivity contribution in [3.8, 4) is 5.75 Å². The number of nitrogens with zero attached hydrogens (tertiary/aromatic N) is 1. The Labute approximate surface area is 179 Å². The lowest BCUT2D eigenvalue weighted by Gasteiger charge is -2.33. The first-order valence-electron chi connectivity index (χ1n) is 9.35. The highest BCUT2D eigenvalue weighted by atomic mass is 35.5. The molecule has 2 N–H and O–H groups in total. The molecule has 9 heteroatoms. The molecule has 3 rings (SSSR count). The van der Waals surface area contributed by atoms with E-state index < -0.39 is 11.8 Å². The number of carbonyl (C=O) groups excluding carboxylic acids is 3. The Morgan fingerprint density at radius 3 is 2.63 bits per heavy atom. The van der Waals surface area contributed by atoms with E-state index in [2.05, 4.69) is 10.6 Å². The molecule has 1 unspecified atom stereocenters. The Bertz CT molecular complexity index is 922. The molecule has 0 bridgehead atoms. The number of hydrogen-bond acceptors (Lipinski definition) is 5. The standard InChI is InChI=1S/C21H22ClN3O5/c1-29-17-8-7-15(11-16(17)22)24-21(28)20(27)23-12-19(26)25-9-10-30-18(13-25)14-5-3-2-4-6-14/h2-8,11,18H,9-10,12-13H2,1H3,(H,23,27)(H,24,28). The fourth-order valence-corrected chi connectivity index (χ4v) is 3.28. The van der Waals surface area contributed by atoms with Gasteiger partial charge >= 0.3 is 11.8 Å². The van der Waals surface area contributed by atoms with E-state index in [-0.39, 0.29) is 18.6 Å². The van der Waals surface area contributed by atoms with Crippen molar-refractivity contribution in [2.75, 3.05) is 38.7 Å². The molecule has 2 aromatic rings. The first-order valence-corrected chi connectivity index (χ1v) is 9.72. The summed E-state index contributed by atoms with van der Waals surface area (Å²) in [6.07, 6.45) is -0.220. The second kappa shape index (κ2) is 10.1. The summed E-state index contributed by atoms with van der Waals surface area (Å²) < 4.78 is 10.8. The normalized spacial score (nSPS) is 15.9. The largest absolute Gasteiger partial charge is 0.495 e. The molecule has 1 fully saturated rings. The molecule has 1 atom stereocenters. The summed E-state index contributed by atoms with van der Waals surface area (Å²) in [5.41, 5.74) is 1.32. The van der Waals surface area contributed by atoms with Gasteiger partial charge in [-0.1, -0.05) is 41.9 Å². The number of morpholine rings is 1. The summed E-state index contributed by atoms with van der Waals surface area (Å²) in [7, 11) is 1.47. The molecule has 1 aliphatic rings. The third-order valence-corrected chi connectivity index (χ3v) is 4.90. The van der Waals surface area contributed by atoms with Gasteiger partial charge in [0.1, 0.15) is 11.9 Å². The van der Waals surface area contributed by atoms with Crippen LogP contribution in [0.25, 0.3) is 0 Å². The number of benzene rings is 2. The molecule has 1 heterocycles. The molecule has 0 radical (unpaired) electrons. The molecule has 0 aromatic heterocycles. The minimum Gasteiger partial charge on any atom is -0.495 e. The third-order valence-electron chi connectivity index (χ3n) is 4.61.